The van der Waals surface area contributed by atoms with Gasteiger partial charge in [0.05, 0.1) is 28.7 Å². The summed E-state index contributed by atoms with van der Waals surface area (Å²) in [6.07, 6.45) is -1.14. The van der Waals surface area contributed by atoms with Crippen LogP contribution in [0, 0.1) is 0 Å². The van der Waals surface area contributed by atoms with E-state index in [-0.39, 0.29) is 47.8 Å². The Morgan fingerprint density at radius 1 is 0.964 bits per heavy atom. The van der Waals surface area contributed by atoms with Gasteiger partial charge in [-0.05, 0) is 102 Å². The number of alkyl carbamates (subject to hydrolysis) is 1. The van der Waals surface area contributed by atoms with Gasteiger partial charge in [0, 0.05) is 29.9 Å². The maximum Gasteiger partial charge on any atom is 0.416 e. The standard InChI is InChI=1S/C42H49F3N6O5/c1-7-8-21-50(40(54)56-41(4,5)6)28(3)30-17-19-34(20-18-30)51-25-31-22-35(48-37(31)49-38(51)52)36-24-32(42(43,44)45)23-33(47-36)16-12-13-27(2)46-39(53)55-26-29-14-10-9-11-15-29/h9-11,14-15,17-20,22-25,27-28H,7-8,12-13,16,21,26H2,1-6H3,(H,46,53)(H,48,49,52)/t27-,28-/m0/s1. The normalized spacial score (nSPS) is 12.9. The Labute approximate surface area is 324 Å². The van der Waals surface area contributed by atoms with Crippen LogP contribution in [-0.2, 0) is 28.7 Å². The van der Waals surface area contributed by atoms with Gasteiger partial charge in [0.25, 0.3) is 0 Å². The molecule has 2 aromatic carbocycles. The molecular formula is C42H49F3N6O5. The summed E-state index contributed by atoms with van der Waals surface area (Å²) in [6.45, 7) is 11.9. The Morgan fingerprint density at radius 3 is 2.34 bits per heavy atom. The predicted molar refractivity (Wildman–Crippen MR) is 208 cm³/mol. The second-order valence-electron chi connectivity index (χ2n) is 14.9. The molecule has 0 spiro atoms. The van der Waals surface area contributed by atoms with Gasteiger partial charge < -0.3 is 24.7 Å². The lowest BCUT2D eigenvalue weighted by molar-refractivity contribution is -0.137. The zero-order valence-electron chi connectivity index (χ0n) is 32.6. The lowest BCUT2D eigenvalue weighted by Gasteiger charge is -2.32. The highest BCUT2D eigenvalue weighted by Crippen LogP contribution is 2.33. The van der Waals surface area contributed by atoms with E-state index in [1.807, 2.05) is 70.2 Å². The molecule has 298 valence electrons. The topological polar surface area (TPSA) is 131 Å². The van der Waals surface area contributed by atoms with Crippen LogP contribution in [0.1, 0.15) is 95.7 Å². The van der Waals surface area contributed by atoms with Crippen molar-refractivity contribution < 1.29 is 32.2 Å². The molecule has 0 saturated heterocycles. The number of carbonyl (C=O) groups excluding carboxylic acids is 2. The van der Waals surface area contributed by atoms with Crippen LogP contribution in [0.2, 0.25) is 0 Å². The number of aryl methyl sites for hydroxylation is 1. The minimum absolute atomic E-state index is 0.0541. The van der Waals surface area contributed by atoms with Crippen LogP contribution < -0.4 is 11.0 Å². The minimum Gasteiger partial charge on any atom is -0.445 e. The third-order valence-corrected chi connectivity index (χ3v) is 9.14. The van der Waals surface area contributed by atoms with Crippen molar-refractivity contribution in [1.29, 1.82) is 0 Å². The summed E-state index contributed by atoms with van der Waals surface area (Å²) in [5.41, 5.74) is 0.893. The summed E-state index contributed by atoms with van der Waals surface area (Å²) < 4.78 is 54.4. The summed E-state index contributed by atoms with van der Waals surface area (Å²) in [7, 11) is 0. The van der Waals surface area contributed by atoms with Gasteiger partial charge >= 0.3 is 24.1 Å². The van der Waals surface area contributed by atoms with E-state index < -0.39 is 35.2 Å². The highest BCUT2D eigenvalue weighted by atomic mass is 19.4. The third kappa shape index (κ3) is 11.2. The highest BCUT2D eigenvalue weighted by Gasteiger charge is 2.32. The van der Waals surface area contributed by atoms with E-state index in [1.54, 1.807) is 36.2 Å². The number of fused-ring (bicyclic) bond motifs is 1. The van der Waals surface area contributed by atoms with Crippen molar-refractivity contribution >= 4 is 23.2 Å². The van der Waals surface area contributed by atoms with Gasteiger partial charge in [-0.15, -0.1) is 0 Å². The molecule has 11 nitrogen and oxygen atoms in total. The summed E-state index contributed by atoms with van der Waals surface area (Å²) in [6, 6.07) is 19.5. The first-order chi connectivity index (χ1) is 26.5. The summed E-state index contributed by atoms with van der Waals surface area (Å²) >= 11 is 0. The molecule has 0 fully saturated rings. The highest BCUT2D eigenvalue weighted by molar-refractivity contribution is 5.82. The van der Waals surface area contributed by atoms with Gasteiger partial charge in [0.15, 0.2) is 0 Å². The number of H-pyrrole nitrogens is 1. The van der Waals surface area contributed by atoms with Gasteiger partial charge in [-0.1, -0.05) is 55.8 Å². The minimum atomic E-state index is -4.62. The van der Waals surface area contributed by atoms with Crippen molar-refractivity contribution in [2.75, 3.05) is 6.54 Å². The second-order valence-corrected chi connectivity index (χ2v) is 14.9. The SMILES string of the molecule is CCCCN(C(=O)OC(C)(C)C)[C@@H](C)c1ccc(-n2cc3cc(-c4cc(C(F)(F)F)cc(CCC[C@H](C)NC(=O)OCc5ccccc5)n4)[nH]c3nc2=O)cc1. The van der Waals surface area contributed by atoms with Crippen molar-refractivity contribution in [3.63, 3.8) is 0 Å². The van der Waals surface area contributed by atoms with Crippen LogP contribution in [0.15, 0.2) is 83.8 Å². The first kappa shape index (κ1) is 41.5. The first-order valence-corrected chi connectivity index (χ1v) is 18.8. The number of benzene rings is 2. The van der Waals surface area contributed by atoms with E-state index in [1.165, 1.54) is 4.57 Å². The van der Waals surface area contributed by atoms with Crippen molar-refractivity contribution in [3.8, 4) is 17.1 Å². The average molecular weight is 775 g/mol. The molecule has 0 radical (unpaired) electrons. The number of pyridine rings is 1. The smallest absolute Gasteiger partial charge is 0.416 e. The molecule has 0 saturated carbocycles. The summed E-state index contributed by atoms with van der Waals surface area (Å²) in [5.74, 6) is 0. The van der Waals surface area contributed by atoms with Gasteiger partial charge in [0.1, 0.15) is 17.9 Å². The van der Waals surface area contributed by atoms with Crippen LogP contribution in [0.5, 0.6) is 0 Å². The number of nitrogens with one attached hydrogen (secondary N) is 2. The number of rotatable bonds is 14. The van der Waals surface area contributed by atoms with Gasteiger partial charge in [-0.2, -0.15) is 18.2 Å². The Hall–Kier alpha value is -5.66. The quantitative estimate of drug-likeness (QED) is 0.115. The molecule has 2 atom stereocenters. The van der Waals surface area contributed by atoms with Crippen molar-refractivity contribution in [2.24, 2.45) is 0 Å². The molecule has 2 N–H and O–H groups in total. The van der Waals surface area contributed by atoms with Crippen LogP contribution in [0.25, 0.3) is 28.1 Å². The van der Waals surface area contributed by atoms with E-state index in [9.17, 15) is 27.6 Å². The molecule has 14 heteroatoms. The van der Waals surface area contributed by atoms with Crippen LogP contribution >= 0.6 is 0 Å². The number of halogens is 3. The molecule has 3 heterocycles. The number of carbonyl (C=O) groups is 2. The van der Waals surface area contributed by atoms with Crippen LogP contribution in [0.4, 0.5) is 22.8 Å². The molecule has 0 aliphatic heterocycles. The molecule has 0 unspecified atom stereocenters. The number of amides is 2. The van der Waals surface area contributed by atoms with E-state index in [0.29, 0.717) is 30.5 Å². The molecule has 0 bridgehead atoms. The maximum absolute atomic E-state index is 14.1. The van der Waals surface area contributed by atoms with Crippen molar-refractivity contribution in [1.82, 2.24) is 29.7 Å². The zero-order chi connectivity index (χ0) is 40.6. The Kier molecular flexibility index (Phi) is 13.2. The lowest BCUT2D eigenvalue weighted by Crippen LogP contribution is -2.39. The number of aromatic nitrogens is 4. The van der Waals surface area contributed by atoms with E-state index >= 15 is 0 Å². The lowest BCUT2D eigenvalue weighted by atomic mass is 10.1. The van der Waals surface area contributed by atoms with Crippen molar-refractivity contribution in [2.45, 2.75) is 104 Å². The molecule has 56 heavy (non-hydrogen) atoms. The molecule has 0 aliphatic carbocycles. The number of ether oxygens (including phenoxy) is 2. The van der Waals surface area contributed by atoms with E-state index in [2.05, 4.69) is 27.2 Å². The summed E-state index contributed by atoms with van der Waals surface area (Å²) in [5, 5.41) is 3.25. The fraction of sp³-hybridized carbons (Fsp3) is 0.405. The molecule has 0 aliphatic rings. The van der Waals surface area contributed by atoms with Crippen LogP contribution in [-0.4, -0.2) is 54.8 Å². The van der Waals surface area contributed by atoms with Crippen LogP contribution in [0.3, 0.4) is 0 Å². The fourth-order valence-electron chi connectivity index (χ4n) is 6.15. The third-order valence-electron chi connectivity index (χ3n) is 9.14. The number of hydrogen-bond acceptors (Lipinski definition) is 7. The first-order valence-electron chi connectivity index (χ1n) is 18.8. The molecule has 5 rings (SSSR count). The van der Waals surface area contributed by atoms with Crippen molar-refractivity contribution in [3.05, 3.63) is 112 Å². The van der Waals surface area contributed by atoms with E-state index in [4.69, 9.17) is 9.47 Å². The maximum atomic E-state index is 14.1. The Balaban J connectivity index is 1.30. The van der Waals surface area contributed by atoms with E-state index in [0.717, 1.165) is 36.1 Å². The van der Waals surface area contributed by atoms with Gasteiger partial charge in [0.2, 0.25) is 0 Å². The second kappa shape index (κ2) is 17.9. The Bertz CT molecular complexity index is 2160. The molecular weight excluding hydrogens is 725 g/mol. The number of aromatic amines is 1. The number of hydrogen-bond donors (Lipinski definition) is 2. The number of unbranched alkanes of at least 4 members (excludes halogenated alkanes) is 1. The molecule has 2 amide bonds. The molecule has 5 aromatic rings. The van der Waals surface area contributed by atoms with Gasteiger partial charge in [-0.25, -0.2) is 14.4 Å². The predicted octanol–water partition coefficient (Wildman–Crippen LogP) is 9.53. The zero-order valence-corrected chi connectivity index (χ0v) is 32.6. The summed E-state index contributed by atoms with van der Waals surface area (Å²) in [4.78, 5) is 51.9. The number of alkyl halides is 3. The average Bonchev–Trinajstić information content (AvgIpc) is 3.56. The Morgan fingerprint density at radius 2 is 1.68 bits per heavy atom. The van der Waals surface area contributed by atoms with Gasteiger partial charge in [-0.3, -0.25) is 9.55 Å². The fourth-order valence-corrected chi connectivity index (χ4v) is 6.15. The largest absolute Gasteiger partial charge is 0.445 e. The monoisotopic (exact) mass is 774 g/mol. The molecule has 3 aromatic heterocycles. The number of nitrogens with zero attached hydrogens (tertiary/aromatic N) is 4.